The molecular weight excluding hydrogens is 222 g/mol. The van der Waals surface area contributed by atoms with E-state index in [9.17, 15) is 0 Å². The predicted molar refractivity (Wildman–Crippen MR) is 77.9 cm³/mol. The summed E-state index contributed by atoms with van der Waals surface area (Å²) in [7, 11) is 0. The lowest BCUT2D eigenvalue weighted by molar-refractivity contribution is 0.236. The number of benzene rings is 1. The minimum Gasteiger partial charge on any atom is -0.493 e. The highest BCUT2D eigenvalue weighted by atomic mass is 16.5. The van der Waals surface area contributed by atoms with Gasteiger partial charge in [-0.3, -0.25) is 0 Å². The first-order valence-corrected chi connectivity index (χ1v) is 6.89. The number of nitrogens with two attached hydrogens (primary N) is 1. The van der Waals surface area contributed by atoms with Gasteiger partial charge in [0.2, 0.25) is 0 Å². The number of aryl methyl sites for hydroxylation is 1. The molecule has 0 spiro atoms. The van der Waals surface area contributed by atoms with Crippen molar-refractivity contribution in [1.82, 2.24) is 0 Å². The SMILES string of the molecule is Cc1ccc([C@H](C)N)c(OCC(C)CC(C)C)c1. The summed E-state index contributed by atoms with van der Waals surface area (Å²) in [5.74, 6) is 2.24. The molecule has 1 rings (SSSR count). The van der Waals surface area contributed by atoms with E-state index >= 15 is 0 Å². The van der Waals surface area contributed by atoms with Crippen LogP contribution in [0.15, 0.2) is 18.2 Å². The fourth-order valence-electron chi connectivity index (χ4n) is 2.25. The molecule has 2 N–H and O–H groups in total. The Kier molecular flexibility index (Phi) is 5.67. The molecule has 18 heavy (non-hydrogen) atoms. The number of hydrogen-bond donors (Lipinski definition) is 1. The van der Waals surface area contributed by atoms with Gasteiger partial charge in [-0.1, -0.05) is 32.9 Å². The third-order valence-corrected chi connectivity index (χ3v) is 3.06. The maximum Gasteiger partial charge on any atom is 0.124 e. The van der Waals surface area contributed by atoms with Crippen LogP contribution in [0.1, 0.15) is 51.3 Å². The van der Waals surface area contributed by atoms with Crippen molar-refractivity contribution in [1.29, 1.82) is 0 Å². The van der Waals surface area contributed by atoms with E-state index in [0.717, 1.165) is 17.9 Å². The smallest absolute Gasteiger partial charge is 0.124 e. The molecule has 0 fully saturated rings. The Hall–Kier alpha value is -1.02. The first-order valence-electron chi connectivity index (χ1n) is 6.89. The Balaban J connectivity index is 2.68. The van der Waals surface area contributed by atoms with E-state index in [4.69, 9.17) is 10.5 Å². The summed E-state index contributed by atoms with van der Waals surface area (Å²) >= 11 is 0. The van der Waals surface area contributed by atoms with Crippen molar-refractivity contribution >= 4 is 0 Å². The van der Waals surface area contributed by atoms with Crippen LogP contribution >= 0.6 is 0 Å². The Morgan fingerprint density at radius 2 is 1.83 bits per heavy atom. The molecule has 0 bridgehead atoms. The third-order valence-electron chi connectivity index (χ3n) is 3.06. The second kappa shape index (κ2) is 6.79. The van der Waals surface area contributed by atoms with Crippen molar-refractivity contribution in [3.05, 3.63) is 29.3 Å². The van der Waals surface area contributed by atoms with Crippen LogP contribution in [0.4, 0.5) is 0 Å². The van der Waals surface area contributed by atoms with Crippen LogP contribution in [-0.4, -0.2) is 6.61 Å². The summed E-state index contributed by atoms with van der Waals surface area (Å²) in [4.78, 5) is 0. The molecule has 0 aliphatic carbocycles. The molecule has 0 amide bonds. The maximum atomic E-state index is 5.97. The highest BCUT2D eigenvalue weighted by Crippen LogP contribution is 2.26. The van der Waals surface area contributed by atoms with E-state index in [0.29, 0.717) is 11.8 Å². The van der Waals surface area contributed by atoms with Gasteiger partial charge in [-0.15, -0.1) is 0 Å². The van der Waals surface area contributed by atoms with Crippen LogP contribution < -0.4 is 10.5 Å². The second-order valence-electron chi connectivity index (χ2n) is 5.88. The number of ether oxygens (including phenoxy) is 1. The Labute approximate surface area is 112 Å². The number of hydrogen-bond acceptors (Lipinski definition) is 2. The second-order valence-corrected chi connectivity index (χ2v) is 5.88. The van der Waals surface area contributed by atoms with Crippen molar-refractivity contribution in [3.63, 3.8) is 0 Å². The Morgan fingerprint density at radius 3 is 2.39 bits per heavy atom. The summed E-state index contributed by atoms with van der Waals surface area (Å²) in [5, 5.41) is 0. The van der Waals surface area contributed by atoms with E-state index in [-0.39, 0.29) is 6.04 Å². The molecule has 1 aromatic rings. The van der Waals surface area contributed by atoms with Crippen molar-refractivity contribution in [3.8, 4) is 5.75 Å². The van der Waals surface area contributed by atoms with Crippen molar-refractivity contribution < 1.29 is 4.74 Å². The van der Waals surface area contributed by atoms with E-state index in [1.807, 2.05) is 6.92 Å². The van der Waals surface area contributed by atoms with Crippen LogP contribution in [0, 0.1) is 18.8 Å². The molecule has 2 nitrogen and oxygen atoms in total. The van der Waals surface area contributed by atoms with E-state index < -0.39 is 0 Å². The van der Waals surface area contributed by atoms with Crippen molar-refractivity contribution in [2.45, 2.75) is 47.1 Å². The van der Waals surface area contributed by atoms with Gasteiger partial charge in [0.25, 0.3) is 0 Å². The lowest BCUT2D eigenvalue weighted by atomic mass is 10.00. The van der Waals surface area contributed by atoms with Crippen molar-refractivity contribution in [2.24, 2.45) is 17.6 Å². The monoisotopic (exact) mass is 249 g/mol. The molecule has 1 unspecified atom stereocenters. The van der Waals surface area contributed by atoms with E-state index in [1.54, 1.807) is 0 Å². The normalized spacial score (nSPS) is 14.6. The average Bonchev–Trinajstić information content (AvgIpc) is 2.25. The summed E-state index contributed by atoms with van der Waals surface area (Å²) < 4.78 is 5.96. The topological polar surface area (TPSA) is 35.2 Å². The van der Waals surface area contributed by atoms with Gasteiger partial charge in [0, 0.05) is 11.6 Å². The minimum absolute atomic E-state index is 0.0148. The molecule has 0 heterocycles. The van der Waals surface area contributed by atoms with Gasteiger partial charge in [-0.25, -0.2) is 0 Å². The van der Waals surface area contributed by atoms with E-state index in [1.165, 1.54) is 12.0 Å². The highest BCUT2D eigenvalue weighted by molar-refractivity contribution is 5.38. The summed E-state index contributed by atoms with van der Waals surface area (Å²) in [6.07, 6.45) is 1.19. The summed E-state index contributed by atoms with van der Waals surface area (Å²) in [6, 6.07) is 6.26. The van der Waals surface area contributed by atoms with Crippen LogP contribution in [-0.2, 0) is 0 Å². The average molecular weight is 249 g/mol. The lowest BCUT2D eigenvalue weighted by Gasteiger charge is -2.18. The molecule has 0 aliphatic heterocycles. The quantitative estimate of drug-likeness (QED) is 0.824. The molecule has 2 heteroatoms. The standard InChI is InChI=1S/C16H27NO/c1-11(2)8-13(4)10-18-16-9-12(3)6-7-15(16)14(5)17/h6-7,9,11,13-14H,8,10,17H2,1-5H3/t13?,14-/m0/s1. The molecule has 102 valence electrons. The Bertz CT molecular complexity index is 371. The third kappa shape index (κ3) is 4.69. The van der Waals surface area contributed by atoms with Crippen molar-refractivity contribution in [2.75, 3.05) is 6.61 Å². The first kappa shape index (κ1) is 15.0. The van der Waals surface area contributed by atoms with Crippen LogP contribution in [0.5, 0.6) is 5.75 Å². The van der Waals surface area contributed by atoms with E-state index in [2.05, 4.69) is 45.9 Å². The summed E-state index contributed by atoms with van der Waals surface area (Å²) in [5.41, 5.74) is 8.28. The van der Waals surface area contributed by atoms with Crippen LogP contribution in [0.25, 0.3) is 0 Å². The zero-order valence-corrected chi connectivity index (χ0v) is 12.4. The molecule has 2 atom stereocenters. The van der Waals surface area contributed by atoms with Gasteiger partial charge >= 0.3 is 0 Å². The number of rotatable bonds is 6. The lowest BCUT2D eigenvalue weighted by Crippen LogP contribution is -2.14. The Morgan fingerprint density at radius 1 is 1.17 bits per heavy atom. The molecule has 0 aliphatic rings. The van der Waals surface area contributed by atoms with Gasteiger partial charge in [0.1, 0.15) is 5.75 Å². The molecule has 0 saturated heterocycles. The van der Waals surface area contributed by atoms with Gasteiger partial charge in [-0.05, 0) is 43.7 Å². The van der Waals surface area contributed by atoms with Gasteiger partial charge in [-0.2, -0.15) is 0 Å². The fourth-order valence-corrected chi connectivity index (χ4v) is 2.25. The first-order chi connectivity index (χ1) is 8.40. The molecular formula is C16H27NO. The van der Waals surface area contributed by atoms with Gasteiger partial charge in [0.05, 0.1) is 6.61 Å². The summed E-state index contributed by atoms with van der Waals surface area (Å²) in [6.45, 7) is 11.6. The fraction of sp³-hybridized carbons (Fsp3) is 0.625. The van der Waals surface area contributed by atoms with Gasteiger partial charge in [0.15, 0.2) is 0 Å². The predicted octanol–water partition coefficient (Wildman–Crippen LogP) is 4.08. The maximum absolute atomic E-state index is 5.97. The van der Waals surface area contributed by atoms with Crippen LogP contribution in [0.2, 0.25) is 0 Å². The minimum atomic E-state index is 0.0148. The molecule has 0 saturated carbocycles. The van der Waals surface area contributed by atoms with Gasteiger partial charge < -0.3 is 10.5 Å². The highest BCUT2D eigenvalue weighted by Gasteiger charge is 2.11. The zero-order chi connectivity index (χ0) is 13.7. The molecule has 0 radical (unpaired) electrons. The zero-order valence-electron chi connectivity index (χ0n) is 12.4. The largest absolute Gasteiger partial charge is 0.493 e. The molecule has 1 aromatic carbocycles. The van der Waals surface area contributed by atoms with Crippen LogP contribution in [0.3, 0.4) is 0 Å². The molecule has 0 aromatic heterocycles.